The van der Waals surface area contributed by atoms with Crippen LogP contribution in [0.5, 0.6) is 0 Å². The van der Waals surface area contributed by atoms with Gasteiger partial charge >= 0.3 is 0 Å². The fourth-order valence-corrected chi connectivity index (χ4v) is 1.51. The minimum atomic E-state index is 0.0390. The third-order valence-corrected chi connectivity index (χ3v) is 2.28. The average Bonchev–Trinajstić information content (AvgIpc) is 2.88. The minimum Gasteiger partial charge on any atom is -0.325 e. The van der Waals surface area contributed by atoms with Crippen molar-refractivity contribution >= 4 is 5.78 Å². The summed E-state index contributed by atoms with van der Waals surface area (Å²) in [4.78, 5) is 11.7. The summed E-state index contributed by atoms with van der Waals surface area (Å²) in [6.07, 6.45) is 3.79. The van der Waals surface area contributed by atoms with Crippen LogP contribution in [-0.4, -0.2) is 30.6 Å². The quantitative estimate of drug-likeness (QED) is 0.737. The lowest BCUT2D eigenvalue weighted by Crippen LogP contribution is -2.13. The van der Waals surface area contributed by atoms with Gasteiger partial charge in [-0.05, 0) is 6.07 Å². The zero-order valence-corrected chi connectivity index (χ0v) is 9.58. The van der Waals surface area contributed by atoms with Crippen LogP contribution in [0.4, 0.5) is 0 Å². The number of nitrogens with zero attached hydrogens (tertiary/aromatic N) is 5. The summed E-state index contributed by atoms with van der Waals surface area (Å²) in [6, 6.07) is 1.82. The van der Waals surface area contributed by atoms with E-state index < -0.39 is 0 Å². The Morgan fingerprint density at radius 3 is 2.88 bits per heavy atom. The summed E-state index contributed by atoms with van der Waals surface area (Å²) >= 11 is 0. The highest BCUT2D eigenvalue weighted by molar-refractivity contribution is 5.80. The number of carbonyl (C=O) groups excluding carboxylic acids is 1. The van der Waals surface area contributed by atoms with Gasteiger partial charge in [-0.2, -0.15) is 5.10 Å². The van der Waals surface area contributed by atoms with E-state index in [1.807, 2.05) is 19.3 Å². The first kappa shape index (κ1) is 11.5. The molecular weight excluding hydrogens is 220 g/mol. The van der Waals surface area contributed by atoms with Crippen molar-refractivity contribution in [1.82, 2.24) is 24.8 Å². The van der Waals surface area contributed by atoms with Gasteiger partial charge in [-0.3, -0.25) is 9.48 Å². The predicted molar refractivity (Wildman–Crippen MR) is 59.8 cm³/mol. The van der Waals surface area contributed by atoms with Crippen molar-refractivity contribution in [3.8, 4) is 0 Å². The van der Waals surface area contributed by atoms with Crippen LogP contribution in [-0.2, 0) is 31.4 Å². The van der Waals surface area contributed by atoms with Gasteiger partial charge < -0.3 is 5.73 Å². The fourth-order valence-electron chi connectivity index (χ4n) is 1.51. The number of aryl methyl sites for hydroxylation is 1. The lowest BCUT2D eigenvalue weighted by atomic mass is 10.2. The topological polar surface area (TPSA) is 91.6 Å². The number of nitrogens with two attached hydrogens (primary N) is 1. The number of hydrogen-bond donors (Lipinski definition) is 1. The summed E-state index contributed by atoms with van der Waals surface area (Å²) in [6.45, 7) is 0.526. The van der Waals surface area contributed by atoms with E-state index in [1.54, 1.807) is 10.9 Å². The Balaban J connectivity index is 1.93. The van der Waals surface area contributed by atoms with Crippen LogP contribution in [0.2, 0.25) is 0 Å². The maximum Gasteiger partial charge on any atom is 0.160 e. The molecule has 0 amide bonds. The summed E-state index contributed by atoms with van der Waals surface area (Å²) in [5.41, 5.74) is 6.84. The van der Waals surface area contributed by atoms with Gasteiger partial charge in [0.05, 0.1) is 24.0 Å². The molecule has 0 aliphatic carbocycles. The molecule has 0 saturated heterocycles. The molecule has 0 saturated carbocycles. The number of rotatable bonds is 5. The number of ketones is 1. The summed E-state index contributed by atoms with van der Waals surface area (Å²) in [5, 5.41) is 11.8. The van der Waals surface area contributed by atoms with E-state index >= 15 is 0 Å². The zero-order valence-electron chi connectivity index (χ0n) is 9.58. The number of Topliss-reactive ketones (excluding diaryl/α,β-unsaturated/α-hetero) is 1. The van der Waals surface area contributed by atoms with E-state index in [0.717, 1.165) is 5.69 Å². The first-order chi connectivity index (χ1) is 8.17. The van der Waals surface area contributed by atoms with Crippen LogP contribution in [0.15, 0.2) is 18.5 Å². The molecule has 0 aliphatic heterocycles. The molecule has 7 heteroatoms. The molecule has 0 atom stereocenters. The highest BCUT2D eigenvalue weighted by Crippen LogP contribution is 1.98. The monoisotopic (exact) mass is 234 g/mol. The second-order valence-electron chi connectivity index (χ2n) is 3.81. The minimum absolute atomic E-state index is 0.0390. The van der Waals surface area contributed by atoms with Gasteiger partial charge in [0.2, 0.25) is 0 Å². The van der Waals surface area contributed by atoms with Crippen LogP contribution >= 0.6 is 0 Å². The molecule has 2 rings (SSSR count). The highest BCUT2D eigenvalue weighted by Gasteiger charge is 2.08. The molecular formula is C10H14N6O. The van der Waals surface area contributed by atoms with E-state index in [1.165, 1.54) is 4.68 Å². The Labute approximate surface area is 98.2 Å². The van der Waals surface area contributed by atoms with E-state index in [9.17, 15) is 4.79 Å². The SMILES string of the molecule is Cn1ccc(CC(=O)Cn2cc(CN)nn2)n1. The molecule has 90 valence electrons. The van der Waals surface area contributed by atoms with Crippen LogP contribution < -0.4 is 5.73 Å². The lowest BCUT2D eigenvalue weighted by molar-refractivity contribution is -0.119. The summed E-state index contributed by atoms with van der Waals surface area (Å²) < 4.78 is 3.16. The molecule has 0 aromatic carbocycles. The number of hydrogen-bond acceptors (Lipinski definition) is 5. The van der Waals surface area contributed by atoms with Crippen molar-refractivity contribution in [2.24, 2.45) is 12.8 Å². The molecule has 0 radical (unpaired) electrons. The maximum absolute atomic E-state index is 11.7. The maximum atomic E-state index is 11.7. The van der Waals surface area contributed by atoms with Gasteiger partial charge in [0.25, 0.3) is 0 Å². The second-order valence-corrected chi connectivity index (χ2v) is 3.81. The van der Waals surface area contributed by atoms with E-state index in [4.69, 9.17) is 5.73 Å². The first-order valence-electron chi connectivity index (χ1n) is 5.26. The zero-order chi connectivity index (χ0) is 12.3. The number of carbonyl (C=O) groups is 1. The van der Waals surface area contributed by atoms with Gasteiger partial charge in [-0.25, -0.2) is 4.68 Å². The van der Waals surface area contributed by atoms with Crippen molar-refractivity contribution < 1.29 is 4.79 Å². The van der Waals surface area contributed by atoms with Crippen LogP contribution in [0.1, 0.15) is 11.4 Å². The molecule has 2 aromatic rings. The number of aromatic nitrogens is 5. The molecule has 0 aliphatic rings. The third kappa shape index (κ3) is 2.97. The Hall–Kier alpha value is -2.02. The molecule has 2 N–H and O–H groups in total. The molecule has 0 spiro atoms. The Morgan fingerprint density at radius 1 is 1.47 bits per heavy atom. The smallest absolute Gasteiger partial charge is 0.160 e. The fraction of sp³-hybridized carbons (Fsp3) is 0.400. The van der Waals surface area contributed by atoms with Gasteiger partial charge in [0.1, 0.15) is 6.54 Å². The molecule has 2 aromatic heterocycles. The summed E-state index contributed by atoms with van der Waals surface area (Å²) in [5.74, 6) is 0.0390. The van der Waals surface area contributed by atoms with Crippen LogP contribution in [0, 0.1) is 0 Å². The van der Waals surface area contributed by atoms with Crippen molar-refractivity contribution in [2.45, 2.75) is 19.5 Å². The Bertz CT molecular complexity index is 514. The van der Waals surface area contributed by atoms with Gasteiger partial charge in [0, 0.05) is 19.8 Å². The molecule has 0 bridgehead atoms. The molecule has 2 heterocycles. The lowest BCUT2D eigenvalue weighted by Gasteiger charge is -1.98. The summed E-state index contributed by atoms with van der Waals surface area (Å²) in [7, 11) is 1.82. The predicted octanol–water partition coefficient (Wildman–Crippen LogP) is -0.718. The Morgan fingerprint density at radius 2 is 2.29 bits per heavy atom. The average molecular weight is 234 g/mol. The van der Waals surface area contributed by atoms with Gasteiger partial charge in [-0.15, -0.1) is 5.10 Å². The third-order valence-electron chi connectivity index (χ3n) is 2.28. The van der Waals surface area contributed by atoms with Gasteiger partial charge in [0.15, 0.2) is 5.78 Å². The van der Waals surface area contributed by atoms with Crippen LogP contribution in [0.3, 0.4) is 0 Å². The molecule has 0 fully saturated rings. The van der Waals surface area contributed by atoms with E-state index in [-0.39, 0.29) is 12.3 Å². The van der Waals surface area contributed by atoms with E-state index in [0.29, 0.717) is 18.7 Å². The van der Waals surface area contributed by atoms with E-state index in [2.05, 4.69) is 15.4 Å². The molecule has 0 unspecified atom stereocenters. The first-order valence-corrected chi connectivity index (χ1v) is 5.26. The normalized spacial score (nSPS) is 10.7. The van der Waals surface area contributed by atoms with Crippen molar-refractivity contribution in [3.63, 3.8) is 0 Å². The standard InChI is InChI=1S/C10H14N6O/c1-15-3-2-8(13-15)4-10(17)7-16-6-9(5-11)12-14-16/h2-3,6H,4-5,7,11H2,1H3. The Kier molecular flexibility index (Phi) is 3.29. The van der Waals surface area contributed by atoms with Gasteiger partial charge in [-0.1, -0.05) is 5.21 Å². The van der Waals surface area contributed by atoms with Crippen molar-refractivity contribution in [3.05, 3.63) is 29.8 Å². The highest BCUT2D eigenvalue weighted by atomic mass is 16.1. The second kappa shape index (κ2) is 4.88. The van der Waals surface area contributed by atoms with Crippen LogP contribution in [0.25, 0.3) is 0 Å². The molecule has 7 nitrogen and oxygen atoms in total. The largest absolute Gasteiger partial charge is 0.325 e. The van der Waals surface area contributed by atoms with Crippen molar-refractivity contribution in [1.29, 1.82) is 0 Å². The molecule has 17 heavy (non-hydrogen) atoms. The van der Waals surface area contributed by atoms with Crippen molar-refractivity contribution in [2.75, 3.05) is 0 Å².